The molecule has 5 nitrogen and oxygen atoms in total. The Hall–Kier alpha value is -2.04. The van der Waals surface area contributed by atoms with Crippen molar-refractivity contribution in [1.29, 1.82) is 0 Å². The van der Waals surface area contributed by atoms with Crippen LogP contribution >= 0.6 is 0 Å². The van der Waals surface area contributed by atoms with Crippen LogP contribution in [0.25, 0.3) is 11.4 Å². The molecule has 1 aromatic heterocycles. The zero-order valence-corrected chi connectivity index (χ0v) is 7.57. The summed E-state index contributed by atoms with van der Waals surface area (Å²) in [5, 5.41) is 6.12. The Morgan fingerprint density at radius 2 is 2.14 bits per heavy atom. The van der Waals surface area contributed by atoms with E-state index >= 15 is 0 Å². The molecular weight excluding hydrogens is 182 g/mol. The Bertz CT molecular complexity index is 487. The van der Waals surface area contributed by atoms with Crippen LogP contribution in [-0.2, 0) is 0 Å². The predicted octanol–water partition coefficient (Wildman–Crippen LogP) is 0.774. The highest BCUT2D eigenvalue weighted by molar-refractivity contribution is 5.63. The second-order valence-corrected chi connectivity index (χ2v) is 2.73. The molecule has 72 valence electrons. The number of para-hydroxylation sites is 1. The largest absolute Gasteiger partial charge is 0.496 e. The van der Waals surface area contributed by atoms with Crippen LogP contribution in [-0.4, -0.2) is 22.3 Å². The van der Waals surface area contributed by atoms with E-state index in [0.717, 1.165) is 5.56 Å². The summed E-state index contributed by atoms with van der Waals surface area (Å²) < 4.78 is 5.13. The highest BCUT2D eigenvalue weighted by Gasteiger charge is 2.07. The van der Waals surface area contributed by atoms with Crippen molar-refractivity contribution in [3.63, 3.8) is 0 Å². The van der Waals surface area contributed by atoms with Gasteiger partial charge in [-0.15, -0.1) is 0 Å². The number of aromatic nitrogens is 3. The van der Waals surface area contributed by atoms with Gasteiger partial charge in [0.2, 0.25) is 0 Å². The van der Waals surface area contributed by atoms with Crippen molar-refractivity contribution < 1.29 is 4.74 Å². The summed E-state index contributed by atoms with van der Waals surface area (Å²) in [6.07, 6.45) is 0. The highest BCUT2D eigenvalue weighted by Crippen LogP contribution is 2.25. The van der Waals surface area contributed by atoms with E-state index in [1.807, 2.05) is 24.3 Å². The number of methoxy groups -OCH3 is 1. The number of ether oxygens (including phenoxy) is 1. The summed E-state index contributed by atoms with van der Waals surface area (Å²) >= 11 is 0. The van der Waals surface area contributed by atoms with Crippen molar-refractivity contribution in [1.82, 2.24) is 15.2 Å². The molecule has 1 aromatic carbocycles. The van der Waals surface area contributed by atoms with E-state index in [4.69, 9.17) is 4.74 Å². The van der Waals surface area contributed by atoms with Crippen molar-refractivity contribution in [3.05, 3.63) is 34.7 Å². The summed E-state index contributed by atoms with van der Waals surface area (Å²) in [6, 6.07) is 7.34. The minimum Gasteiger partial charge on any atom is -0.496 e. The highest BCUT2D eigenvalue weighted by atomic mass is 16.5. The van der Waals surface area contributed by atoms with Gasteiger partial charge in [-0.05, 0) is 12.1 Å². The van der Waals surface area contributed by atoms with Crippen LogP contribution in [0.2, 0.25) is 0 Å². The average molecular weight is 191 g/mol. The molecule has 2 rings (SSSR count). The smallest absolute Gasteiger partial charge is 0.340 e. The summed E-state index contributed by atoms with van der Waals surface area (Å²) in [5.41, 5.74) is 0.430. The SMILES string of the molecule is COc1ccccc1-c1n[nH]c(=O)[nH]1. The Labute approximate surface area is 79.7 Å². The second-order valence-electron chi connectivity index (χ2n) is 2.73. The number of nitrogens with zero attached hydrogens (tertiary/aromatic N) is 1. The first-order valence-electron chi connectivity index (χ1n) is 4.09. The molecule has 14 heavy (non-hydrogen) atoms. The van der Waals surface area contributed by atoms with Gasteiger partial charge in [-0.3, -0.25) is 4.98 Å². The van der Waals surface area contributed by atoms with Gasteiger partial charge in [-0.25, -0.2) is 9.89 Å². The average Bonchev–Trinajstić information content (AvgIpc) is 2.65. The van der Waals surface area contributed by atoms with Crippen molar-refractivity contribution in [2.24, 2.45) is 0 Å². The Kier molecular flexibility index (Phi) is 2.06. The summed E-state index contributed by atoms with van der Waals surface area (Å²) in [6.45, 7) is 0. The van der Waals surface area contributed by atoms with E-state index in [9.17, 15) is 4.79 Å². The minimum atomic E-state index is -0.328. The van der Waals surface area contributed by atoms with E-state index in [-0.39, 0.29) is 5.69 Å². The van der Waals surface area contributed by atoms with Crippen molar-refractivity contribution in [2.75, 3.05) is 7.11 Å². The summed E-state index contributed by atoms with van der Waals surface area (Å²) in [4.78, 5) is 13.4. The number of hydrogen-bond donors (Lipinski definition) is 2. The number of aromatic amines is 2. The maximum atomic E-state index is 10.8. The summed E-state index contributed by atoms with van der Waals surface area (Å²) in [5.74, 6) is 1.16. The normalized spacial score (nSPS) is 10.1. The lowest BCUT2D eigenvalue weighted by Gasteiger charge is -2.03. The molecule has 0 unspecified atom stereocenters. The van der Waals surface area contributed by atoms with Crippen LogP contribution in [0.15, 0.2) is 29.1 Å². The van der Waals surface area contributed by atoms with E-state index in [2.05, 4.69) is 15.2 Å². The fourth-order valence-electron chi connectivity index (χ4n) is 1.24. The molecule has 0 saturated heterocycles. The Balaban J connectivity index is 2.55. The first kappa shape index (κ1) is 8.55. The molecule has 0 aliphatic carbocycles. The first-order chi connectivity index (χ1) is 6.81. The van der Waals surface area contributed by atoms with Crippen LogP contribution < -0.4 is 10.4 Å². The van der Waals surface area contributed by atoms with Gasteiger partial charge in [-0.1, -0.05) is 12.1 Å². The van der Waals surface area contributed by atoms with E-state index in [0.29, 0.717) is 11.6 Å². The number of benzene rings is 1. The van der Waals surface area contributed by atoms with Crippen molar-refractivity contribution in [2.45, 2.75) is 0 Å². The number of H-pyrrole nitrogens is 2. The second kappa shape index (κ2) is 3.37. The molecule has 0 bridgehead atoms. The van der Waals surface area contributed by atoms with Crippen molar-refractivity contribution >= 4 is 0 Å². The van der Waals surface area contributed by atoms with Crippen molar-refractivity contribution in [3.8, 4) is 17.1 Å². The standard InChI is InChI=1S/C9H9N3O2/c1-14-7-5-3-2-4-6(7)8-10-9(13)12-11-8/h2-5H,1H3,(H2,10,11,12,13). The molecule has 0 fully saturated rings. The number of nitrogens with one attached hydrogen (secondary N) is 2. The fraction of sp³-hybridized carbons (Fsp3) is 0.111. The van der Waals surface area contributed by atoms with Crippen LogP contribution in [0.4, 0.5) is 0 Å². The van der Waals surface area contributed by atoms with Gasteiger partial charge >= 0.3 is 5.69 Å². The zero-order valence-electron chi connectivity index (χ0n) is 7.57. The third-order valence-corrected chi connectivity index (χ3v) is 1.86. The molecule has 0 aliphatic heterocycles. The lowest BCUT2D eigenvalue weighted by molar-refractivity contribution is 0.416. The molecule has 1 heterocycles. The topological polar surface area (TPSA) is 70.8 Å². The number of rotatable bonds is 2. The van der Waals surface area contributed by atoms with Gasteiger partial charge in [0, 0.05) is 0 Å². The lowest BCUT2D eigenvalue weighted by atomic mass is 10.2. The van der Waals surface area contributed by atoms with Gasteiger partial charge in [0.15, 0.2) is 5.82 Å². The lowest BCUT2D eigenvalue weighted by Crippen LogP contribution is -2.00. The molecular formula is C9H9N3O2. The minimum absolute atomic E-state index is 0.328. The van der Waals surface area contributed by atoms with E-state index in [1.54, 1.807) is 7.11 Å². The van der Waals surface area contributed by atoms with Crippen LogP contribution in [0, 0.1) is 0 Å². The molecule has 2 aromatic rings. The molecule has 0 amide bonds. The zero-order chi connectivity index (χ0) is 9.97. The Morgan fingerprint density at radius 1 is 1.36 bits per heavy atom. The monoisotopic (exact) mass is 191 g/mol. The molecule has 0 spiro atoms. The molecule has 2 N–H and O–H groups in total. The van der Waals surface area contributed by atoms with Gasteiger partial charge in [0.25, 0.3) is 0 Å². The summed E-state index contributed by atoms with van der Waals surface area (Å²) in [7, 11) is 1.57. The molecule has 5 heteroatoms. The third-order valence-electron chi connectivity index (χ3n) is 1.86. The molecule has 0 aliphatic rings. The molecule has 0 atom stereocenters. The molecule has 0 radical (unpaired) electrons. The van der Waals surface area contributed by atoms with Gasteiger partial charge in [-0.2, -0.15) is 5.10 Å². The molecule has 0 saturated carbocycles. The fourth-order valence-corrected chi connectivity index (χ4v) is 1.24. The number of hydrogen-bond acceptors (Lipinski definition) is 3. The predicted molar refractivity (Wildman–Crippen MR) is 51.2 cm³/mol. The van der Waals surface area contributed by atoms with Gasteiger partial charge in [0.05, 0.1) is 12.7 Å². The van der Waals surface area contributed by atoms with E-state index in [1.165, 1.54) is 0 Å². The van der Waals surface area contributed by atoms with Crippen LogP contribution in [0.1, 0.15) is 0 Å². The van der Waals surface area contributed by atoms with E-state index < -0.39 is 0 Å². The maximum Gasteiger partial charge on any atom is 0.340 e. The van der Waals surface area contributed by atoms with Gasteiger partial charge in [0.1, 0.15) is 5.75 Å². The van der Waals surface area contributed by atoms with Gasteiger partial charge < -0.3 is 4.74 Å². The van der Waals surface area contributed by atoms with Crippen LogP contribution in [0.5, 0.6) is 5.75 Å². The van der Waals surface area contributed by atoms with Crippen LogP contribution in [0.3, 0.4) is 0 Å². The quantitative estimate of drug-likeness (QED) is 0.736. The first-order valence-corrected chi connectivity index (χ1v) is 4.09. The maximum absolute atomic E-state index is 10.8. The Morgan fingerprint density at radius 3 is 2.79 bits per heavy atom. The third kappa shape index (κ3) is 1.39.